The number of aromatic nitrogens is 2. The molecule has 28 heavy (non-hydrogen) atoms. The number of benzene rings is 2. The van der Waals surface area contributed by atoms with Crippen molar-refractivity contribution in [1.82, 2.24) is 9.78 Å². The molecule has 3 rings (SSSR count). The van der Waals surface area contributed by atoms with Crippen molar-refractivity contribution in [2.45, 2.75) is 13.1 Å². The van der Waals surface area contributed by atoms with E-state index in [2.05, 4.69) is 10.4 Å². The van der Waals surface area contributed by atoms with Gasteiger partial charge in [0, 0.05) is 6.07 Å². The first-order chi connectivity index (χ1) is 13.1. The first-order valence-corrected chi connectivity index (χ1v) is 7.77. The maximum Gasteiger partial charge on any atom is 0.416 e. The molecule has 0 aliphatic carbocycles. The van der Waals surface area contributed by atoms with Gasteiger partial charge in [-0.05, 0) is 31.2 Å². The number of anilines is 1. The lowest BCUT2D eigenvalue weighted by molar-refractivity contribution is -0.138. The van der Waals surface area contributed by atoms with Gasteiger partial charge in [0.15, 0.2) is 0 Å². The predicted octanol–water partition coefficient (Wildman–Crippen LogP) is 4.87. The molecular formula is C18H11F6N3O. The van der Waals surface area contributed by atoms with Gasteiger partial charge < -0.3 is 5.32 Å². The molecule has 1 amide bonds. The van der Waals surface area contributed by atoms with Crippen LogP contribution in [0.5, 0.6) is 0 Å². The standard InChI is InChI=1S/C18H11F6N3O/c1-9-6-15(27(26-9)14-5-3-2-4-11(14)19)25-17(28)16-12(20)7-10(8-13(16)21)18(22,23)24/h2-8H,1H3,(H,25,28). The zero-order chi connectivity index (χ0) is 20.6. The number of carbonyl (C=O) groups excluding carboxylic acids is 1. The molecular weight excluding hydrogens is 388 g/mol. The van der Waals surface area contributed by atoms with Crippen molar-refractivity contribution in [2.24, 2.45) is 0 Å². The summed E-state index contributed by atoms with van der Waals surface area (Å²) in [7, 11) is 0. The third-order valence-corrected chi connectivity index (χ3v) is 3.75. The number of halogens is 6. The molecule has 0 fully saturated rings. The van der Waals surface area contributed by atoms with Crippen LogP contribution in [-0.4, -0.2) is 15.7 Å². The first-order valence-electron chi connectivity index (χ1n) is 7.77. The molecule has 2 aromatic carbocycles. The minimum Gasteiger partial charge on any atom is -0.306 e. The number of para-hydroxylation sites is 1. The van der Waals surface area contributed by atoms with E-state index in [4.69, 9.17) is 0 Å². The van der Waals surface area contributed by atoms with E-state index < -0.39 is 40.7 Å². The summed E-state index contributed by atoms with van der Waals surface area (Å²) in [6, 6.07) is 6.81. The molecule has 0 saturated carbocycles. The van der Waals surface area contributed by atoms with Gasteiger partial charge in [-0.2, -0.15) is 18.3 Å². The minimum absolute atomic E-state index is 0.0252. The van der Waals surface area contributed by atoms with Gasteiger partial charge in [-0.3, -0.25) is 4.79 Å². The molecule has 4 nitrogen and oxygen atoms in total. The summed E-state index contributed by atoms with van der Waals surface area (Å²) in [5.74, 6) is -5.50. The van der Waals surface area contributed by atoms with Crippen molar-refractivity contribution in [2.75, 3.05) is 5.32 Å². The number of amides is 1. The lowest BCUT2D eigenvalue weighted by atomic mass is 10.1. The van der Waals surface area contributed by atoms with Crippen LogP contribution in [0.2, 0.25) is 0 Å². The predicted molar refractivity (Wildman–Crippen MR) is 87.6 cm³/mol. The fourth-order valence-electron chi connectivity index (χ4n) is 2.53. The Balaban J connectivity index is 1.99. The molecule has 0 unspecified atom stereocenters. The van der Waals surface area contributed by atoms with Crippen molar-refractivity contribution in [1.29, 1.82) is 0 Å². The van der Waals surface area contributed by atoms with Crippen molar-refractivity contribution in [3.05, 3.63) is 76.7 Å². The van der Waals surface area contributed by atoms with Crippen LogP contribution in [0, 0.1) is 24.4 Å². The summed E-state index contributed by atoms with van der Waals surface area (Å²) in [6.07, 6.45) is -4.97. The Hall–Kier alpha value is -3.30. The molecule has 0 atom stereocenters. The average molecular weight is 399 g/mol. The van der Waals surface area contributed by atoms with Crippen LogP contribution >= 0.6 is 0 Å². The second-order valence-corrected chi connectivity index (χ2v) is 5.80. The molecule has 3 aromatic rings. The van der Waals surface area contributed by atoms with Gasteiger partial charge in [0.1, 0.15) is 34.5 Å². The van der Waals surface area contributed by atoms with E-state index in [1.54, 1.807) is 0 Å². The largest absolute Gasteiger partial charge is 0.416 e. The topological polar surface area (TPSA) is 46.9 Å². The number of aryl methyl sites for hydroxylation is 1. The smallest absolute Gasteiger partial charge is 0.306 e. The Bertz CT molecular complexity index is 1030. The van der Waals surface area contributed by atoms with Crippen molar-refractivity contribution >= 4 is 11.7 Å². The maximum atomic E-state index is 14.0. The summed E-state index contributed by atoms with van der Waals surface area (Å²) in [5, 5.41) is 6.15. The van der Waals surface area contributed by atoms with Crippen molar-refractivity contribution < 1.29 is 31.1 Å². The van der Waals surface area contributed by atoms with Gasteiger partial charge in [-0.25, -0.2) is 17.9 Å². The van der Waals surface area contributed by atoms with Crippen LogP contribution in [0.1, 0.15) is 21.6 Å². The van der Waals surface area contributed by atoms with E-state index >= 15 is 0 Å². The molecule has 0 aliphatic heterocycles. The lowest BCUT2D eigenvalue weighted by Crippen LogP contribution is -2.19. The quantitative estimate of drug-likeness (QED) is 0.639. The van der Waals surface area contributed by atoms with E-state index in [0.717, 1.165) is 10.7 Å². The Morgan fingerprint density at radius 3 is 2.18 bits per heavy atom. The van der Waals surface area contributed by atoms with Gasteiger partial charge in [0.2, 0.25) is 0 Å². The molecule has 1 aromatic heterocycles. The normalized spacial score (nSPS) is 11.5. The van der Waals surface area contributed by atoms with E-state index in [-0.39, 0.29) is 23.6 Å². The Morgan fingerprint density at radius 1 is 1.00 bits per heavy atom. The lowest BCUT2D eigenvalue weighted by Gasteiger charge is -2.12. The summed E-state index contributed by atoms with van der Waals surface area (Å²) in [4.78, 5) is 12.3. The minimum atomic E-state index is -4.97. The van der Waals surface area contributed by atoms with E-state index in [1.165, 1.54) is 31.2 Å². The number of alkyl halides is 3. The molecule has 1 heterocycles. The second kappa shape index (κ2) is 7.02. The molecule has 0 aliphatic rings. The number of hydrogen-bond acceptors (Lipinski definition) is 2. The highest BCUT2D eigenvalue weighted by Gasteiger charge is 2.33. The molecule has 146 valence electrons. The fraction of sp³-hybridized carbons (Fsp3) is 0.111. The molecule has 0 spiro atoms. The first kappa shape index (κ1) is 19.5. The monoisotopic (exact) mass is 399 g/mol. The van der Waals surface area contributed by atoms with Crippen LogP contribution in [-0.2, 0) is 6.18 Å². The molecule has 10 heteroatoms. The van der Waals surface area contributed by atoms with Crippen LogP contribution in [0.4, 0.5) is 32.2 Å². The zero-order valence-electron chi connectivity index (χ0n) is 14.1. The van der Waals surface area contributed by atoms with Gasteiger partial charge in [-0.1, -0.05) is 12.1 Å². The van der Waals surface area contributed by atoms with Crippen LogP contribution in [0.25, 0.3) is 5.69 Å². The summed E-state index contributed by atoms with van der Waals surface area (Å²) in [5.41, 5.74) is -2.45. The van der Waals surface area contributed by atoms with E-state index in [0.29, 0.717) is 5.69 Å². The summed E-state index contributed by atoms with van der Waals surface area (Å²) >= 11 is 0. The third-order valence-electron chi connectivity index (χ3n) is 3.75. The van der Waals surface area contributed by atoms with Crippen molar-refractivity contribution in [3.8, 4) is 5.69 Å². The molecule has 0 saturated heterocycles. The number of hydrogen-bond donors (Lipinski definition) is 1. The van der Waals surface area contributed by atoms with E-state index in [1.807, 2.05) is 0 Å². The summed E-state index contributed by atoms with van der Waals surface area (Å²) < 4.78 is 80.9. The average Bonchev–Trinajstić information content (AvgIpc) is 2.93. The van der Waals surface area contributed by atoms with E-state index in [9.17, 15) is 31.1 Å². The second-order valence-electron chi connectivity index (χ2n) is 5.80. The zero-order valence-corrected chi connectivity index (χ0v) is 14.1. The highest BCUT2D eigenvalue weighted by atomic mass is 19.4. The van der Waals surface area contributed by atoms with Gasteiger partial charge in [0.25, 0.3) is 5.91 Å². The highest BCUT2D eigenvalue weighted by molar-refractivity contribution is 6.04. The number of rotatable bonds is 3. The SMILES string of the molecule is Cc1cc(NC(=O)c2c(F)cc(C(F)(F)F)cc2F)n(-c2ccccc2F)n1. The third kappa shape index (κ3) is 3.71. The molecule has 0 bridgehead atoms. The highest BCUT2D eigenvalue weighted by Crippen LogP contribution is 2.32. The van der Waals surface area contributed by atoms with Crippen molar-refractivity contribution in [3.63, 3.8) is 0 Å². The van der Waals surface area contributed by atoms with Gasteiger partial charge >= 0.3 is 6.18 Å². The molecule has 0 radical (unpaired) electrons. The van der Waals surface area contributed by atoms with Crippen LogP contribution < -0.4 is 5.32 Å². The Labute approximate surface area is 154 Å². The van der Waals surface area contributed by atoms with Gasteiger partial charge in [0.05, 0.1) is 11.3 Å². The number of nitrogens with zero attached hydrogens (tertiary/aromatic N) is 2. The maximum absolute atomic E-state index is 14.0. The van der Waals surface area contributed by atoms with Crippen LogP contribution in [0.15, 0.2) is 42.5 Å². The molecule has 1 N–H and O–H groups in total. The van der Waals surface area contributed by atoms with Gasteiger partial charge in [-0.15, -0.1) is 0 Å². The Morgan fingerprint density at radius 2 is 1.61 bits per heavy atom. The fourth-order valence-corrected chi connectivity index (χ4v) is 2.53. The van der Waals surface area contributed by atoms with Crippen LogP contribution in [0.3, 0.4) is 0 Å². The number of carbonyl (C=O) groups is 1. The summed E-state index contributed by atoms with van der Waals surface area (Å²) in [6.45, 7) is 1.53. The Kier molecular flexibility index (Phi) is 4.88. The number of nitrogens with one attached hydrogen (secondary N) is 1.